The third-order valence-electron chi connectivity index (χ3n) is 2.90. The van der Waals surface area contributed by atoms with Crippen molar-refractivity contribution in [1.82, 2.24) is 19.6 Å². The van der Waals surface area contributed by atoms with Gasteiger partial charge in [0.05, 0.1) is 6.20 Å². The van der Waals surface area contributed by atoms with Gasteiger partial charge in [0.2, 0.25) is 0 Å². The Kier molecular flexibility index (Phi) is 3.53. The summed E-state index contributed by atoms with van der Waals surface area (Å²) in [6.45, 7) is 4.77. The SMILES string of the molecule is CCn1cc(C(O)c2c(I)nn(C)c2C)cn1. The van der Waals surface area contributed by atoms with Gasteiger partial charge in [-0.3, -0.25) is 9.36 Å². The fraction of sp³-hybridized carbons (Fsp3) is 0.455. The molecular formula is C11H15IN4O. The predicted octanol–water partition coefficient (Wildman–Crippen LogP) is 1.63. The molecule has 0 radical (unpaired) electrons. The second kappa shape index (κ2) is 4.77. The van der Waals surface area contributed by atoms with E-state index in [1.165, 1.54) is 0 Å². The van der Waals surface area contributed by atoms with Crippen molar-refractivity contribution in [2.24, 2.45) is 7.05 Å². The molecule has 6 heteroatoms. The molecule has 0 aliphatic heterocycles. The van der Waals surface area contributed by atoms with E-state index < -0.39 is 6.10 Å². The van der Waals surface area contributed by atoms with Gasteiger partial charge in [0.15, 0.2) is 0 Å². The number of rotatable bonds is 3. The quantitative estimate of drug-likeness (QED) is 0.860. The maximum atomic E-state index is 10.4. The molecule has 92 valence electrons. The van der Waals surface area contributed by atoms with Gasteiger partial charge in [-0.15, -0.1) is 0 Å². The molecule has 0 aromatic carbocycles. The molecule has 0 saturated heterocycles. The largest absolute Gasteiger partial charge is 0.383 e. The highest BCUT2D eigenvalue weighted by Gasteiger charge is 2.21. The van der Waals surface area contributed by atoms with E-state index in [2.05, 4.69) is 32.8 Å². The number of hydrogen-bond acceptors (Lipinski definition) is 3. The normalized spacial score (nSPS) is 13.0. The zero-order valence-electron chi connectivity index (χ0n) is 10.1. The summed E-state index contributed by atoms with van der Waals surface area (Å²) in [4.78, 5) is 0. The topological polar surface area (TPSA) is 55.9 Å². The van der Waals surface area contributed by atoms with E-state index >= 15 is 0 Å². The molecular weight excluding hydrogens is 331 g/mol. The molecule has 2 aromatic rings. The van der Waals surface area contributed by atoms with Crippen LogP contribution in [-0.2, 0) is 13.6 Å². The summed E-state index contributed by atoms with van der Waals surface area (Å²) in [5.74, 6) is 0. The minimum absolute atomic E-state index is 0.657. The van der Waals surface area contributed by atoms with Gasteiger partial charge in [-0.2, -0.15) is 10.2 Å². The maximum absolute atomic E-state index is 10.4. The Bertz CT molecular complexity index is 532. The molecule has 1 atom stereocenters. The molecule has 0 aliphatic rings. The molecule has 0 aliphatic carbocycles. The molecule has 2 aromatic heterocycles. The van der Waals surface area contributed by atoms with Crippen LogP contribution in [0, 0.1) is 10.6 Å². The molecule has 0 amide bonds. The molecule has 0 fully saturated rings. The molecule has 0 spiro atoms. The highest BCUT2D eigenvalue weighted by molar-refractivity contribution is 14.1. The van der Waals surface area contributed by atoms with Gasteiger partial charge in [0.1, 0.15) is 9.80 Å². The third-order valence-corrected chi connectivity index (χ3v) is 3.70. The number of halogens is 1. The monoisotopic (exact) mass is 346 g/mol. The first-order chi connectivity index (χ1) is 8.04. The van der Waals surface area contributed by atoms with Gasteiger partial charge in [0, 0.05) is 36.6 Å². The van der Waals surface area contributed by atoms with Crippen molar-refractivity contribution in [3.8, 4) is 0 Å². The van der Waals surface area contributed by atoms with E-state index in [4.69, 9.17) is 0 Å². The summed E-state index contributed by atoms with van der Waals surface area (Å²) < 4.78 is 4.42. The van der Waals surface area contributed by atoms with Gasteiger partial charge in [-0.1, -0.05) is 0 Å². The van der Waals surface area contributed by atoms with Gasteiger partial charge in [0.25, 0.3) is 0 Å². The summed E-state index contributed by atoms with van der Waals surface area (Å²) in [5.41, 5.74) is 2.65. The lowest BCUT2D eigenvalue weighted by Gasteiger charge is -2.08. The third kappa shape index (κ3) is 2.23. The first-order valence-corrected chi connectivity index (χ1v) is 6.51. The number of aromatic nitrogens is 4. The van der Waals surface area contributed by atoms with E-state index in [0.29, 0.717) is 0 Å². The highest BCUT2D eigenvalue weighted by Crippen LogP contribution is 2.28. The van der Waals surface area contributed by atoms with Crippen molar-refractivity contribution < 1.29 is 5.11 Å². The second-order valence-electron chi connectivity index (χ2n) is 3.95. The maximum Gasteiger partial charge on any atom is 0.129 e. The van der Waals surface area contributed by atoms with Crippen molar-refractivity contribution in [3.05, 3.63) is 32.9 Å². The minimum atomic E-state index is -0.657. The molecule has 2 rings (SSSR count). The van der Waals surface area contributed by atoms with Crippen LogP contribution in [0.25, 0.3) is 0 Å². The van der Waals surface area contributed by atoms with Crippen LogP contribution < -0.4 is 0 Å². The fourth-order valence-electron chi connectivity index (χ4n) is 1.76. The molecule has 2 heterocycles. The van der Waals surface area contributed by atoms with Gasteiger partial charge in [-0.05, 0) is 36.4 Å². The zero-order chi connectivity index (χ0) is 12.6. The van der Waals surface area contributed by atoms with E-state index in [1.807, 2.05) is 27.1 Å². The first-order valence-electron chi connectivity index (χ1n) is 5.44. The van der Waals surface area contributed by atoms with Crippen LogP contribution in [0.3, 0.4) is 0 Å². The van der Waals surface area contributed by atoms with Crippen molar-refractivity contribution in [2.75, 3.05) is 0 Å². The Morgan fingerprint density at radius 1 is 1.53 bits per heavy atom. The van der Waals surface area contributed by atoms with E-state index in [1.54, 1.807) is 15.6 Å². The van der Waals surface area contributed by atoms with Crippen molar-refractivity contribution >= 4 is 22.6 Å². The van der Waals surface area contributed by atoms with E-state index in [9.17, 15) is 5.11 Å². The first kappa shape index (κ1) is 12.6. The molecule has 1 N–H and O–H groups in total. The minimum Gasteiger partial charge on any atom is -0.383 e. The molecule has 0 bridgehead atoms. The predicted molar refractivity (Wildman–Crippen MR) is 72.6 cm³/mol. The lowest BCUT2D eigenvalue weighted by molar-refractivity contribution is 0.218. The van der Waals surface area contributed by atoms with Crippen LogP contribution in [0.4, 0.5) is 0 Å². The Morgan fingerprint density at radius 3 is 2.71 bits per heavy atom. The Balaban J connectivity index is 2.39. The average Bonchev–Trinajstić information content (AvgIpc) is 2.85. The smallest absolute Gasteiger partial charge is 0.129 e. The van der Waals surface area contributed by atoms with Crippen LogP contribution >= 0.6 is 22.6 Å². The number of nitrogens with zero attached hydrogens (tertiary/aromatic N) is 4. The van der Waals surface area contributed by atoms with Crippen LogP contribution in [0.1, 0.15) is 29.8 Å². The van der Waals surface area contributed by atoms with Gasteiger partial charge < -0.3 is 5.11 Å². The highest BCUT2D eigenvalue weighted by atomic mass is 127. The molecule has 5 nitrogen and oxygen atoms in total. The van der Waals surface area contributed by atoms with Crippen LogP contribution in [0.5, 0.6) is 0 Å². The van der Waals surface area contributed by atoms with Crippen LogP contribution in [0.2, 0.25) is 0 Å². The average molecular weight is 346 g/mol. The second-order valence-corrected chi connectivity index (χ2v) is 4.97. The van der Waals surface area contributed by atoms with Crippen molar-refractivity contribution in [2.45, 2.75) is 26.5 Å². The molecule has 0 saturated carbocycles. The van der Waals surface area contributed by atoms with Gasteiger partial charge >= 0.3 is 0 Å². The molecule has 1 unspecified atom stereocenters. The summed E-state index contributed by atoms with van der Waals surface area (Å²) in [5, 5.41) is 18.8. The summed E-state index contributed by atoms with van der Waals surface area (Å²) in [6, 6.07) is 0. The lowest BCUT2D eigenvalue weighted by Crippen LogP contribution is -2.02. The van der Waals surface area contributed by atoms with E-state index in [-0.39, 0.29) is 0 Å². The molecule has 17 heavy (non-hydrogen) atoms. The van der Waals surface area contributed by atoms with Gasteiger partial charge in [-0.25, -0.2) is 0 Å². The lowest BCUT2D eigenvalue weighted by atomic mass is 10.1. The Labute approximate surface area is 114 Å². The van der Waals surface area contributed by atoms with E-state index in [0.717, 1.165) is 27.1 Å². The number of aliphatic hydroxyl groups is 1. The van der Waals surface area contributed by atoms with Crippen molar-refractivity contribution in [1.29, 1.82) is 0 Å². The zero-order valence-corrected chi connectivity index (χ0v) is 12.2. The summed E-state index contributed by atoms with van der Waals surface area (Å²) in [7, 11) is 1.88. The number of aliphatic hydroxyl groups excluding tert-OH is 1. The summed E-state index contributed by atoms with van der Waals surface area (Å²) in [6.07, 6.45) is 2.92. The van der Waals surface area contributed by atoms with Crippen LogP contribution in [0.15, 0.2) is 12.4 Å². The van der Waals surface area contributed by atoms with Crippen LogP contribution in [-0.4, -0.2) is 24.7 Å². The standard InChI is InChI=1S/C11H15IN4O/c1-4-16-6-8(5-13-16)10(17)9-7(2)15(3)14-11(9)12/h5-6,10,17H,4H2,1-3H3. The number of aryl methyl sites for hydroxylation is 2. The Hall–Kier alpha value is -0.890. The summed E-state index contributed by atoms with van der Waals surface area (Å²) >= 11 is 2.15. The fourth-order valence-corrected chi connectivity index (χ4v) is 2.76. The number of hydrogen-bond donors (Lipinski definition) is 1. The Morgan fingerprint density at radius 2 is 2.24 bits per heavy atom. The van der Waals surface area contributed by atoms with Crippen molar-refractivity contribution in [3.63, 3.8) is 0 Å².